The molecule has 0 N–H and O–H groups in total. The van der Waals surface area contributed by atoms with Crippen molar-refractivity contribution in [3.63, 3.8) is 0 Å². The van der Waals surface area contributed by atoms with Crippen LogP contribution in [0.2, 0.25) is 0 Å². The maximum absolute atomic E-state index is 10.9. The molecule has 0 aromatic heterocycles. The lowest BCUT2D eigenvalue weighted by Gasteiger charge is -2.17. The molecule has 0 radical (unpaired) electrons. The van der Waals surface area contributed by atoms with E-state index >= 15 is 0 Å². The minimum atomic E-state index is -0.357. The molecule has 0 amide bonds. The van der Waals surface area contributed by atoms with Gasteiger partial charge in [-0.3, -0.25) is 14.5 Å². The van der Waals surface area contributed by atoms with Crippen LogP contribution in [0.1, 0.15) is 13.3 Å². The van der Waals surface area contributed by atoms with E-state index < -0.39 is 0 Å². The summed E-state index contributed by atoms with van der Waals surface area (Å²) in [5, 5.41) is 8.55. The maximum atomic E-state index is 10.9. The predicted molar refractivity (Wildman–Crippen MR) is 55.3 cm³/mol. The van der Waals surface area contributed by atoms with Gasteiger partial charge >= 0.3 is 11.9 Å². The van der Waals surface area contributed by atoms with Gasteiger partial charge in [0.2, 0.25) is 0 Å². The number of rotatable bonds is 7. The molecule has 0 aliphatic carbocycles. The van der Waals surface area contributed by atoms with Crippen molar-refractivity contribution in [3.05, 3.63) is 0 Å². The largest absolute Gasteiger partial charge is 0.469 e. The molecule has 0 saturated heterocycles. The highest BCUT2D eigenvalue weighted by Crippen LogP contribution is 1.93. The molecule has 0 fully saturated rings. The molecule has 6 nitrogen and oxygen atoms in total. The van der Waals surface area contributed by atoms with Crippen molar-refractivity contribution < 1.29 is 19.1 Å². The van der Waals surface area contributed by atoms with Gasteiger partial charge in [0.15, 0.2) is 0 Å². The summed E-state index contributed by atoms with van der Waals surface area (Å²) in [5.74, 6) is -0.680. The van der Waals surface area contributed by atoms with Gasteiger partial charge in [-0.05, 0) is 0 Å². The fourth-order valence-electron chi connectivity index (χ4n) is 1.04. The van der Waals surface area contributed by atoms with Crippen molar-refractivity contribution in [2.75, 3.05) is 33.4 Å². The van der Waals surface area contributed by atoms with Crippen LogP contribution in [0.5, 0.6) is 0 Å². The molecule has 0 saturated carbocycles. The summed E-state index contributed by atoms with van der Waals surface area (Å²) in [6, 6.07) is 1.98. The zero-order valence-electron chi connectivity index (χ0n) is 9.56. The van der Waals surface area contributed by atoms with Crippen LogP contribution in [0.4, 0.5) is 0 Å². The Bertz CT molecular complexity index is 272. The summed E-state index contributed by atoms with van der Waals surface area (Å²) < 4.78 is 9.23. The molecule has 0 aromatic rings. The molecule has 0 spiro atoms. The normalized spacial score (nSPS) is 9.62. The lowest BCUT2D eigenvalue weighted by Crippen LogP contribution is -2.31. The number of carbonyl (C=O) groups excluding carboxylic acids is 2. The molecule has 0 aliphatic heterocycles. The Morgan fingerprint density at radius 1 is 1.38 bits per heavy atom. The number of hydrogen-bond donors (Lipinski definition) is 0. The second kappa shape index (κ2) is 8.68. The highest BCUT2D eigenvalue weighted by atomic mass is 16.5. The summed E-state index contributed by atoms with van der Waals surface area (Å²) in [6.45, 7) is 2.59. The zero-order valence-corrected chi connectivity index (χ0v) is 9.56. The maximum Gasteiger partial charge on any atom is 0.306 e. The monoisotopic (exact) mass is 228 g/mol. The number of carbonyl (C=O) groups is 2. The SMILES string of the molecule is COC(=O)CCN(CC#N)CCOC(C)=O. The van der Waals surface area contributed by atoms with Crippen LogP contribution in [0.15, 0.2) is 0 Å². The number of methoxy groups -OCH3 is 1. The van der Waals surface area contributed by atoms with E-state index in [1.807, 2.05) is 6.07 Å². The average molecular weight is 228 g/mol. The second-order valence-electron chi connectivity index (χ2n) is 3.10. The van der Waals surface area contributed by atoms with Crippen LogP contribution in [0.3, 0.4) is 0 Å². The lowest BCUT2D eigenvalue weighted by molar-refractivity contribution is -0.143. The Kier molecular flexibility index (Phi) is 7.81. The van der Waals surface area contributed by atoms with E-state index in [9.17, 15) is 9.59 Å². The summed E-state index contributed by atoms with van der Waals surface area (Å²) in [7, 11) is 1.32. The van der Waals surface area contributed by atoms with E-state index in [0.717, 1.165) is 0 Å². The van der Waals surface area contributed by atoms with Gasteiger partial charge in [-0.25, -0.2) is 0 Å². The van der Waals surface area contributed by atoms with Gasteiger partial charge in [-0.1, -0.05) is 0 Å². The van der Waals surface area contributed by atoms with Crippen molar-refractivity contribution in [3.8, 4) is 6.07 Å². The van der Waals surface area contributed by atoms with Crippen molar-refractivity contribution in [1.82, 2.24) is 4.90 Å². The highest BCUT2D eigenvalue weighted by Gasteiger charge is 2.08. The molecule has 0 atom stereocenters. The molecule has 0 heterocycles. The molecule has 90 valence electrons. The minimum absolute atomic E-state index is 0.193. The fraction of sp³-hybridized carbons (Fsp3) is 0.700. The molecule has 16 heavy (non-hydrogen) atoms. The van der Waals surface area contributed by atoms with E-state index in [0.29, 0.717) is 13.1 Å². The molecular formula is C10H16N2O4. The van der Waals surface area contributed by atoms with Gasteiger partial charge in [0.25, 0.3) is 0 Å². The first-order chi connectivity index (χ1) is 7.60. The number of hydrogen-bond acceptors (Lipinski definition) is 6. The van der Waals surface area contributed by atoms with Gasteiger partial charge in [-0.15, -0.1) is 0 Å². The molecular weight excluding hydrogens is 212 g/mol. The van der Waals surface area contributed by atoms with Crippen molar-refractivity contribution in [2.45, 2.75) is 13.3 Å². The van der Waals surface area contributed by atoms with Gasteiger partial charge in [-0.2, -0.15) is 5.26 Å². The Balaban J connectivity index is 3.83. The van der Waals surface area contributed by atoms with Gasteiger partial charge < -0.3 is 9.47 Å². The van der Waals surface area contributed by atoms with Crippen LogP contribution in [-0.2, 0) is 19.1 Å². The quantitative estimate of drug-likeness (QED) is 0.448. The van der Waals surface area contributed by atoms with E-state index in [2.05, 4.69) is 4.74 Å². The Hall–Kier alpha value is -1.61. The predicted octanol–water partition coefficient (Wildman–Crippen LogP) is -0.0618. The fourth-order valence-corrected chi connectivity index (χ4v) is 1.04. The van der Waals surface area contributed by atoms with Crippen molar-refractivity contribution in [1.29, 1.82) is 5.26 Å². The van der Waals surface area contributed by atoms with E-state index in [4.69, 9.17) is 10.00 Å². The third-order valence-corrected chi connectivity index (χ3v) is 1.87. The summed E-state index contributed by atoms with van der Waals surface area (Å²) in [4.78, 5) is 23.1. The van der Waals surface area contributed by atoms with Gasteiger partial charge in [0.1, 0.15) is 6.61 Å². The van der Waals surface area contributed by atoms with Gasteiger partial charge in [0, 0.05) is 20.0 Å². The minimum Gasteiger partial charge on any atom is -0.469 e. The number of nitriles is 1. The standard InChI is InChI=1S/C10H16N2O4/c1-9(13)16-8-7-12(6-4-11)5-3-10(14)15-2/h3,5-8H2,1-2H3. The Labute approximate surface area is 94.7 Å². The Morgan fingerprint density at radius 2 is 2.06 bits per heavy atom. The van der Waals surface area contributed by atoms with Gasteiger partial charge in [0.05, 0.1) is 26.1 Å². The molecule has 0 unspecified atom stereocenters. The van der Waals surface area contributed by atoms with Crippen LogP contribution < -0.4 is 0 Å². The molecule has 0 aliphatic rings. The van der Waals surface area contributed by atoms with Crippen LogP contribution >= 0.6 is 0 Å². The molecule has 0 bridgehead atoms. The van der Waals surface area contributed by atoms with Crippen molar-refractivity contribution >= 4 is 11.9 Å². The van der Waals surface area contributed by atoms with Crippen LogP contribution in [0.25, 0.3) is 0 Å². The van der Waals surface area contributed by atoms with E-state index in [-0.39, 0.29) is 31.5 Å². The van der Waals surface area contributed by atoms with Crippen molar-refractivity contribution in [2.24, 2.45) is 0 Å². The van der Waals surface area contributed by atoms with Crippen LogP contribution in [0, 0.1) is 11.3 Å². The number of esters is 2. The van der Waals surface area contributed by atoms with E-state index in [1.54, 1.807) is 4.90 Å². The summed E-state index contributed by atoms with van der Waals surface area (Å²) in [6.07, 6.45) is 0.220. The molecule has 0 rings (SSSR count). The summed E-state index contributed by atoms with van der Waals surface area (Å²) >= 11 is 0. The first-order valence-corrected chi connectivity index (χ1v) is 4.89. The Morgan fingerprint density at radius 3 is 2.56 bits per heavy atom. The number of nitrogens with zero attached hydrogens (tertiary/aromatic N) is 2. The van der Waals surface area contributed by atoms with E-state index in [1.165, 1.54) is 14.0 Å². The number of ether oxygens (including phenoxy) is 2. The first kappa shape index (κ1) is 14.4. The molecule has 0 aromatic carbocycles. The smallest absolute Gasteiger partial charge is 0.306 e. The topological polar surface area (TPSA) is 79.6 Å². The van der Waals surface area contributed by atoms with Crippen LogP contribution in [-0.4, -0.2) is 50.2 Å². The lowest BCUT2D eigenvalue weighted by atomic mass is 10.3. The summed E-state index contributed by atoms with van der Waals surface area (Å²) in [5.41, 5.74) is 0. The first-order valence-electron chi connectivity index (χ1n) is 4.89. The molecule has 6 heteroatoms. The third-order valence-electron chi connectivity index (χ3n) is 1.87. The third kappa shape index (κ3) is 7.76. The second-order valence-corrected chi connectivity index (χ2v) is 3.10. The average Bonchev–Trinajstić information content (AvgIpc) is 2.24. The zero-order chi connectivity index (χ0) is 12.4. The highest BCUT2D eigenvalue weighted by molar-refractivity contribution is 5.69.